The number of benzene rings is 1. The van der Waals surface area contributed by atoms with Gasteiger partial charge in [0.15, 0.2) is 0 Å². The molecule has 2 atom stereocenters. The van der Waals surface area contributed by atoms with Gasteiger partial charge in [0.25, 0.3) is 0 Å². The highest BCUT2D eigenvalue weighted by atomic mass is 16.5. The molecule has 0 saturated carbocycles. The van der Waals surface area contributed by atoms with E-state index in [-0.39, 0.29) is 6.10 Å². The first-order valence-corrected chi connectivity index (χ1v) is 4.31. The number of ether oxygens (including phenoxy) is 1. The van der Waals surface area contributed by atoms with E-state index in [2.05, 4.69) is 0 Å². The Labute approximate surface area is 77.5 Å². The Hall–Kier alpha value is -1.12. The van der Waals surface area contributed by atoms with Crippen LogP contribution in [0.5, 0.6) is 0 Å². The van der Waals surface area contributed by atoms with Crippen LogP contribution < -0.4 is 0 Å². The summed E-state index contributed by atoms with van der Waals surface area (Å²) in [4.78, 5) is 0. The highest BCUT2D eigenvalue weighted by molar-refractivity contribution is 5.58. The Kier molecular flexibility index (Phi) is 2.17. The number of methoxy groups -OCH3 is 1. The van der Waals surface area contributed by atoms with Crippen LogP contribution >= 0.6 is 0 Å². The first-order valence-electron chi connectivity index (χ1n) is 4.31. The molecule has 0 heterocycles. The molecule has 1 N–H and O–H groups in total. The topological polar surface area (TPSA) is 29.5 Å². The van der Waals surface area contributed by atoms with Crippen molar-refractivity contribution < 1.29 is 9.84 Å². The molecule has 2 heteroatoms. The molecule has 0 amide bonds. The summed E-state index contributed by atoms with van der Waals surface area (Å²) in [5, 5.41) is 9.84. The van der Waals surface area contributed by atoms with Crippen molar-refractivity contribution in [1.29, 1.82) is 0 Å². The largest absolute Gasteiger partial charge is 0.385 e. The van der Waals surface area contributed by atoms with Gasteiger partial charge in [0, 0.05) is 7.11 Å². The van der Waals surface area contributed by atoms with Crippen molar-refractivity contribution in [2.45, 2.75) is 12.2 Å². The molecule has 1 unspecified atom stereocenters. The third-order valence-electron chi connectivity index (χ3n) is 2.36. The van der Waals surface area contributed by atoms with Crippen molar-refractivity contribution in [3.63, 3.8) is 0 Å². The van der Waals surface area contributed by atoms with E-state index in [4.69, 9.17) is 4.74 Å². The molecule has 1 aromatic carbocycles. The average molecular weight is 176 g/mol. The molecule has 0 aromatic heterocycles. The van der Waals surface area contributed by atoms with Gasteiger partial charge < -0.3 is 9.84 Å². The molecule has 0 radical (unpaired) electrons. The Morgan fingerprint density at radius 3 is 2.85 bits per heavy atom. The minimum absolute atomic E-state index is 0.213. The maximum Gasteiger partial charge on any atom is 0.109 e. The van der Waals surface area contributed by atoms with Gasteiger partial charge >= 0.3 is 0 Å². The summed E-state index contributed by atoms with van der Waals surface area (Å²) in [6, 6.07) is 7.80. The summed E-state index contributed by atoms with van der Waals surface area (Å²) >= 11 is 0. The fourth-order valence-electron chi connectivity index (χ4n) is 1.62. The van der Waals surface area contributed by atoms with Crippen LogP contribution in [0.4, 0.5) is 0 Å². The molecule has 0 spiro atoms. The molecule has 2 nitrogen and oxygen atoms in total. The molecule has 1 aliphatic rings. The number of aliphatic hydroxyl groups is 1. The lowest BCUT2D eigenvalue weighted by Gasteiger charge is -2.24. The maximum atomic E-state index is 9.84. The summed E-state index contributed by atoms with van der Waals surface area (Å²) < 4.78 is 5.12. The summed E-state index contributed by atoms with van der Waals surface area (Å²) in [6.07, 6.45) is 3.12. The van der Waals surface area contributed by atoms with Crippen LogP contribution in [0.1, 0.15) is 17.2 Å². The number of rotatable bonds is 1. The van der Waals surface area contributed by atoms with Crippen LogP contribution in [-0.4, -0.2) is 18.3 Å². The lowest BCUT2D eigenvalue weighted by Crippen LogP contribution is -2.21. The standard InChI is InChI=1S/C11H12O2/c1-13-10-7-6-8-4-2-3-5-9(8)11(10)12/h2-7,10-12H,1H3/t10-,11?/m0/s1. The number of aliphatic hydroxyl groups excluding tert-OH is 1. The highest BCUT2D eigenvalue weighted by Crippen LogP contribution is 2.28. The maximum absolute atomic E-state index is 9.84. The molecule has 0 saturated heterocycles. The second-order valence-corrected chi connectivity index (χ2v) is 3.13. The van der Waals surface area contributed by atoms with Crippen molar-refractivity contribution >= 4 is 6.08 Å². The Morgan fingerprint density at radius 1 is 1.31 bits per heavy atom. The van der Waals surface area contributed by atoms with Crippen molar-refractivity contribution in [1.82, 2.24) is 0 Å². The number of hydrogen-bond donors (Lipinski definition) is 1. The van der Waals surface area contributed by atoms with Crippen LogP contribution in [0.3, 0.4) is 0 Å². The SMILES string of the molecule is CO[C@H]1C=Cc2ccccc2C1O. The van der Waals surface area contributed by atoms with E-state index in [1.165, 1.54) is 0 Å². The second kappa shape index (κ2) is 3.32. The normalized spacial score (nSPS) is 25.7. The fourth-order valence-corrected chi connectivity index (χ4v) is 1.62. The Balaban J connectivity index is 2.42. The molecule has 68 valence electrons. The van der Waals surface area contributed by atoms with Crippen LogP contribution in [0.25, 0.3) is 6.08 Å². The zero-order valence-electron chi connectivity index (χ0n) is 7.47. The summed E-state index contributed by atoms with van der Waals surface area (Å²) in [6.45, 7) is 0. The Morgan fingerprint density at radius 2 is 2.08 bits per heavy atom. The summed E-state index contributed by atoms with van der Waals surface area (Å²) in [5.74, 6) is 0. The van der Waals surface area contributed by atoms with Gasteiger partial charge in [-0.2, -0.15) is 0 Å². The molecule has 13 heavy (non-hydrogen) atoms. The monoisotopic (exact) mass is 176 g/mol. The van der Waals surface area contributed by atoms with Crippen molar-refractivity contribution in [2.24, 2.45) is 0 Å². The summed E-state index contributed by atoms with van der Waals surface area (Å²) in [7, 11) is 1.60. The second-order valence-electron chi connectivity index (χ2n) is 3.13. The van der Waals surface area contributed by atoms with Gasteiger partial charge in [0.05, 0.1) is 0 Å². The quantitative estimate of drug-likeness (QED) is 0.706. The van der Waals surface area contributed by atoms with E-state index in [9.17, 15) is 5.11 Å². The number of hydrogen-bond acceptors (Lipinski definition) is 2. The molecule has 0 aliphatic heterocycles. The molecule has 0 fully saturated rings. The van der Waals surface area contributed by atoms with Crippen LogP contribution in [0, 0.1) is 0 Å². The Bertz CT molecular complexity index is 331. The van der Waals surface area contributed by atoms with E-state index in [0.29, 0.717) is 0 Å². The fraction of sp³-hybridized carbons (Fsp3) is 0.273. The minimum atomic E-state index is -0.536. The predicted octanol–water partition coefficient (Wildman–Crippen LogP) is 1.76. The van der Waals surface area contributed by atoms with Gasteiger partial charge in [-0.05, 0) is 11.1 Å². The zero-order valence-corrected chi connectivity index (χ0v) is 7.47. The van der Waals surface area contributed by atoms with E-state index < -0.39 is 6.10 Å². The van der Waals surface area contributed by atoms with Gasteiger partial charge in [-0.3, -0.25) is 0 Å². The molecular weight excluding hydrogens is 164 g/mol. The smallest absolute Gasteiger partial charge is 0.109 e. The third-order valence-corrected chi connectivity index (χ3v) is 2.36. The van der Waals surface area contributed by atoms with Crippen molar-refractivity contribution in [2.75, 3.05) is 7.11 Å². The van der Waals surface area contributed by atoms with Crippen LogP contribution in [0.15, 0.2) is 30.3 Å². The van der Waals surface area contributed by atoms with Gasteiger partial charge in [-0.15, -0.1) is 0 Å². The van der Waals surface area contributed by atoms with Crippen LogP contribution in [-0.2, 0) is 4.74 Å². The van der Waals surface area contributed by atoms with E-state index >= 15 is 0 Å². The lowest BCUT2D eigenvalue weighted by molar-refractivity contribution is 0.0150. The number of fused-ring (bicyclic) bond motifs is 1. The predicted molar refractivity (Wildman–Crippen MR) is 51.2 cm³/mol. The molecule has 0 bridgehead atoms. The zero-order chi connectivity index (χ0) is 9.26. The highest BCUT2D eigenvalue weighted by Gasteiger charge is 2.22. The van der Waals surface area contributed by atoms with E-state index in [0.717, 1.165) is 11.1 Å². The van der Waals surface area contributed by atoms with Gasteiger partial charge in [-0.25, -0.2) is 0 Å². The van der Waals surface area contributed by atoms with Gasteiger partial charge in [0.2, 0.25) is 0 Å². The average Bonchev–Trinajstić information content (AvgIpc) is 2.19. The van der Waals surface area contributed by atoms with Crippen molar-refractivity contribution in [3.05, 3.63) is 41.5 Å². The summed E-state index contributed by atoms with van der Waals surface area (Å²) in [5.41, 5.74) is 2.01. The molecule has 1 aliphatic carbocycles. The van der Waals surface area contributed by atoms with Gasteiger partial charge in [0.1, 0.15) is 12.2 Å². The molecule has 1 aromatic rings. The molecule has 2 rings (SSSR count). The first-order chi connectivity index (χ1) is 6.33. The first kappa shape index (κ1) is 8.48. The van der Waals surface area contributed by atoms with Gasteiger partial charge in [-0.1, -0.05) is 36.4 Å². The third kappa shape index (κ3) is 1.39. The lowest BCUT2D eigenvalue weighted by atomic mass is 9.93. The minimum Gasteiger partial charge on any atom is -0.385 e. The van der Waals surface area contributed by atoms with E-state index in [1.54, 1.807) is 7.11 Å². The van der Waals surface area contributed by atoms with Crippen molar-refractivity contribution in [3.8, 4) is 0 Å². The van der Waals surface area contributed by atoms with Crippen LogP contribution in [0.2, 0.25) is 0 Å². The van der Waals surface area contributed by atoms with E-state index in [1.807, 2.05) is 36.4 Å². The molecular formula is C11H12O2.